The number of aliphatic imine (C=N–C) groups is 2. The standard InChI is InChI=1S/C50H53N7O7.C41H45N5O4/c1-27(2)44(54-49(60)62-3)48(59)57-40-13-8-12-31(40)22-42(57)38-23-35-34-24-43-36(21-29(34)16-18-37(35)52-38)33-17-15-30(20-32(33)26-64-43)39-25-51-46(53-39)41-14-9-19-56(41)47(58)45(55-50(61)63-4)28-10-6-5-7-11-28;1-22(2)38(45-41(48)49-3)40(47)46-35-10-6-9-26(35)17-36(46)33-18-30-29-19-37-31(16-24(29)12-14-32(30)43-33)28-13-11-25(15-27(28)21-50-37)34-20-42-39(44-34)23-7-4-5-8-23/h5-7,10-11,15-18,20-21,24-25,27,31,40-42,44-45H,8-9,12-14,19,22-23,26H2,1-4H3,(H,51,53)(H,54,60)(H,55,61);11-16,19-20,22-23,26,35-36,38H,4-10,17-18,21H2,1-3H3,(H,42,44)(H,45,48)/t31-,40-,41?,42-,44-,45?;26-,35-,36-,38-/m00/s1. The number of rotatable bonds is 15. The lowest BCUT2D eigenvalue weighted by molar-refractivity contribution is -0.137. The van der Waals surface area contributed by atoms with Crippen LogP contribution in [0.15, 0.2) is 138 Å². The first-order chi connectivity index (χ1) is 55.4. The van der Waals surface area contributed by atoms with E-state index in [9.17, 15) is 28.8 Å². The van der Waals surface area contributed by atoms with Crippen LogP contribution in [-0.2, 0) is 54.6 Å². The second kappa shape index (κ2) is 30.5. The number of H-pyrrole nitrogens is 2. The van der Waals surface area contributed by atoms with Gasteiger partial charge in [-0.2, -0.15) is 0 Å². The van der Waals surface area contributed by atoms with Crippen molar-refractivity contribution in [2.24, 2.45) is 33.7 Å². The van der Waals surface area contributed by atoms with Gasteiger partial charge in [0.2, 0.25) is 11.8 Å². The van der Waals surface area contributed by atoms with Crippen molar-refractivity contribution in [3.63, 3.8) is 0 Å². The maximum absolute atomic E-state index is 14.3. The molecule has 23 heteroatoms. The number of hydrogen-bond acceptors (Lipinski definition) is 15. The number of carbonyl (C=O) groups excluding carboxylic acids is 6. The number of likely N-dealkylation sites (tertiary alicyclic amines) is 3. The number of nitrogens with one attached hydrogen (secondary N) is 5. The summed E-state index contributed by atoms with van der Waals surface area (Å²) in [4.78, 5) is 112. The minimum absolute atomic E-state index is 0.0283. The molecule has 23 nitrogen and oxygen atoms in total. The van der Waals surface area contributed by atoms with Crippen LogP contribution in [-0.4, -0.2) is 146 Å². The molecule has 3 saturated heterocycles. The number of methoxy groups -OCH3 is 3. The number of hydrogen-bond donors (Lipinski definition) is 5. The van der Waals surface area contributed by atoms with Gasteiger partial charge in [-0.1, -0.05) is 120 Å². The molecular formula is C91H98N12O11. The van der Waals surface area contributed by atoms with Crippen LogP contribution >= 0.6 is 0 Å². The zero-order chi connectivity index (χ0) is 78.3. The van der Waals surface area contributed by atoms with Crippen molar-refractivity contribution >= 4 is 80.3 Å². The number of carbonyl (C=O) groups is 6. The number of imidazole rings is 2. The van der Waals surface area contributed by atoms with Crippen LogP contribution in [0, 0.1) is 23.7 Å². The molecule has 2 aromatic heterocycles. The molecule has 10 atom stereocenters. The molecule has 6 amide bonds. The van der Waals surface area contributed by atoms with Crippen molar-refractivity contribution in [1.82, 2.24) is 50.6 Å². The minimum Gasteiger partial charge on any atom is -0.488 e. The van der Waals surface area contributed by atoms with Gasteiger partial charge in [-0.25, -0.2) is 24.4 Å². The highest BCUT2D eigenvalue weighted by molar-refractivity contribution is 6.09. The van der Waals surface area contributed by atoms with Gasteiger partial charge in [-0.3, -0.25) is 24.4 Å². The number of benzene rings is 7. The highest BCUT2D eigenvalue weighted by Gasteiger charge is 2.52. The predicted octanol–water partition coefficient (Wildman–Crippen LogP) is 16.6. The summed E-state index contributed by atoms with van der Waals surface area (Å²) >= 11 is 0. The molecule has 6 fully saturated rings. The van der Waals surface area contributed by atoms with E-state index in [1.807, 2.05) is 70.4 Å². The fourth-order valence-corrected chi connectivity index (χ4v) is 20.4. The molecule has 3 saturated carbocycles. The van der Waals surface area contributed by atoms with Crippen LogP contribution in [0.2, 0.25) is 0 Å². The first kappa shape index (κ1) is 74.1. The Kier molecular flexibility index (Phi) is 19.8. The van der Waals surface area contributed by atoms with E-state index < -0.39 is 36.4 Å². The van der Waals surface area contributed by atoms with E-state index in [1.165, 1.54) is 63.7 Å². The lowest BCUT2D eigenvalue weighted by Crippen LogP contribution is -2.56. The van der Waals surface area contributed by atoms with Gasteiger partial charge >= 0.3 is 18.3 Å². The number of nitrogens with zero attached hydrogens (tertiary/aromatic N) is 7. The van der Waals surface area contributed by atoms with Crippen LogP contribution in [0.25, 0.3) is 66.3 Å². The molecule has 588 valence electrons. The summed E-state index contributed by atoms with van der Waals surface area (Å²) in [5.74, 6) is 4.49. The largest absolute Gasteiger partial charge is 0.488 e. The van der Waals surface area contributed by atoms with Crippen LogP contribution in [0.1, 0.15) is 175 Å². The van der Waals surface area contributed by atoms with Crippen LogP contribution in [0.5, 0.6) is 11.5 Å². The van der Waals surface area contributed by atoms with Crippen LogP contribution < -0.4 is 25.4 Å². The molecule has 2 unspecified atom stereocenters. The fraction of sp³-hybridized carbons (Fsp3) is 0.429. The summed E-state index contributed by atoms with van der Waals surface area (Å²) in [6.07, 6.45) is 18.1. The Labute approximate surface area is 662 Å². The second-order valence-electron chi connectivity index (χ2n) is 33.4. The Bertz CT molecular complexity index is 5390. The Balaban J connectivity index is 0.000000163. The Morgan fingerprint density at radius 3 is 1.48 bits per heavy atom. The first-order valence-electron chi connectivity index (χ1n) is 41.0. The van der Waals surface area contributed by atoms with E-state index in [4.69, 9.17) is 43.6 Å². The maximum atomic E-state index is 14.3. The summed E-state index contributed by atoms with van der Waals surface area (Å²) in [7, 11) is 3.94. The summed E-state index contributed by atoms with van der Waals surface area (Å²) < 4.78 is 27.6. The van der Waals surface area contributed by atoms with Crippen molar-refractivity contribution < 1.29 is 52.5 Å². The summed E-state index contributed by atoms with van der Waals surface area (Å²) in [6, 6.07) is 37.2. The highest BCUT2D eigenvalue weighted by Crippen LogP contribution is 2.51. The van der Waals surface area contributed by atoms with Gasteiger partial charge in [-0.15, -0.1) is 0 Å². The third-order valence-electron chi connectivity index (χ3n) is 26.2. The smallest absolute Gasteiger partial charge is 0.407 e. The van der Waals surface area contributed by atoms with Crippen molar-refractivity contribution in [2.75, 3.05) is 27.9 Å². The lowest BCUT2D eigenvalue weighted by Gasteiger charge is -2.34. The van der Waals surface area contributed by atoms with Crippen molar-refractivity contribution in [2.45, 2.75) is 198 Å². The number of amides is 6. The third kappa shape index (κ3) is 13.5. The fourth-order valence-electron chi connectivity index (χ4n) is 20.4. The van der Waals surface area contributed by atoms with Gasteiger partial charge in [0.15, 0.2) is 0 Å². The minimum atomic E-state index is -0.891. The Morgan fingerprint density at radius 1 is 0.491 bits per heavy atom. The number of ether oxygens (including phenoxy) is 5. The molecule has 114 heavy (non-hydrogen) atoms. The van der Waals surface area contributed by atoms with Gasteiger partial charge in [0.05, 0.1) is 74.6 Å². The van der Waals surface area contributed by atoms with Gasteiger partial charge in [0, 0.05) is 59.9 Å². The maximum Gasteiger partial charge on any atom is 0.407 e. The van der Waals surface area contributed by atoms with E-state index in [2.05, 4.69) is 121 Å². The molecular weight excluding hydrogens is 1440 g/mol. The van der Waals surface area contributed by atoms with E-state index in [0.29, 0.717) is 61.7 Å². The highest BCUT2D eigenvalue weighted by atomic mass is 16.5. The predicted molar refractivity (Wildman–Crippen MR) is 435 cm³/mol. The number of alkyl carbamates (subject to hydrolysis) is 3. The molecule has 9 aromatic rings. The molecule has 10 aliphatic rings. The van der Waals surface area contributed by atoms with Gasteiger partial charge < -0.3 is 64.3 Å². The zero-order valence-corrected chi connectivity index (χ0v) is 65.7. The molecule has 7 aliphatic heterocycles. The molecule has 3 aliphatic carbocycles. The van der Waals surface area contributed by atoms with Crippen molar-refractivity contribution in [3.8, 4) is 56.3 Å². The normalized spacial score (nSPS) is 22.2. The average Bonchev–Trinajstić information content (AvgIpc) is 1.54. The van der Waals surface area contributed by atoms with E-state index >= 15 is 0 Å². The zero-order valence-electron chi connectivity index (χ0n) is 65.7. The molecule has 5 N–H and O–H groups in total. The van der Waals surface area contributed by atoms with Gasteiger partial charge in [-0.05, 0) is 208 Å². The topological polar surface area (TPSA) is 276 Å². The first-order valence-corrected chi connectivity index (χ1v) is 41.0. The summed E-state index contributed by atoms with van der Waals surface area (Å²) in [6.45, 7) is 9.30. The molecule has 0 radical (unpaired) electrons. The summed E-state index contributed by atoms with van der Waals surface area (Å²) in [5, 5.41) is 12.9. The number of fused-ring (bicyclic) bond motifs is 14. The van der Waals surface area contributed by atoms with Crippen LogP contribution in [0.3, 0.4) is 0 Å². The Hall–Kier alpha value is -11.4. The summed E-state index contributed by atoms with van der Waals surface area (Å²) in [5.41, 5.74) is 17.7. The monoisotopic (exact) mass is 1530 g/mol. The SMILES string of the molecule is COC(=O)NC(C(=O)N1CCCC1c1ncc(-c2ccc3c(c2)COc2cc4c5c(ccc4cc2-3)N=C([C@@H]2C[C@@H]3CCC[C@@H]3N2C(=O)[C@@H](NC(=O)OC)C(C)C)C5)[nH]1)c1ccccc1.COC(=O)N[C@H](C(=O)N1[C@H](C2=Nc3ccc4cc5c(cc4c3C2)OCc2cc(-c3cnc(C4CCCC4)[nH]3)ccc2-5)C[C@@H]2CCC[C@@H]21)C(C)C. The van der Waals surface area contributed by atoms with E-state index in [-0.39, 0.29) is 59.8 Å². The molecule has 19 rings (SSSR count). The van der Waals surface area contributed by atoms with Crippen molar-refractivity contribution in [1.29, 1.82) is 0 Å². The molecule has 9 heterocycles. The van der Waals surface area contributed by atoms with Gasteiger partial charge in [0.1, 0.15) is 54.5 Å². The van der Waals surface area contributed by atoms with Crippen LogP contribution in [0.4, 0.5) is 25.8 Å². The molecule has 0 spiro atoms. The van der Waals surface area contributed by atoms with Gasteiger partial charge in [0.25, 0.3) is 5.91 Å². The average molecular weight is 1540 g/mol. The molecule has 0 bridgehead atoms. The second-order valence-corrected chi connectivity index (χ2v) is 33.4. The van der Waals surface area contributed by atoms with E-state index in [1.54, 1.807) is 4.90 Å². The van der Waals surface area contributed by atoms with E-state index in [0.717, 1.165) is 176 Å². The lowest BCUT2D eigenvalue weighted by atomic mass is 9.90. The van der Waals surface area contributed by atoms with Crippen molar-refractivity contribution in [3.05, 3.63) is 167 Å². The Morgan fingerprint density at radius 2 is 0.982 bits per heavy atom. The molecule has 7 aromatic carbocycles. The third-order valence-corrected chi connectivity index (χ3v) is 26.2. The number of aromatic nitrogens is 4. The number of aromatic amines is 2. The quantitative estimate of drug-likeness (QED) is 0.0598.